The first-order chi connectivity index (χ1) is 13.7. The van der Waals surface area contributed by atoms with Gasteiger partial charge in [0.1, 0.15) is 5.83 Å². The van der Waals surface area contributed by atoms with E-state index >= 15 is 0 Å². The van der Waals surface area contributed by atoms with Crippen molar-refractivity contribution in [1.82, 2.24) is 15.5 Å². The molecule has 0 heterocycles. The molecule has 1 aliphatic rings. The second-order valence-electron chi connectivity index (χ2n) is 7.35. The van der Waals surface area contributed by atoms with Gasteiger partial charge in [0.2, 0.25) is 0 Å². The fourth-order valence-corrected chi connectivity index (χ4v) is 3.28. The molecule has 162 valence electrons. The largest absolute Gasteiger partial charge is 0.491 e. The van der Waals surface area contributed by atoms with Crippen LogP contribution in [-0.4, -0.2) is 50.9 Å². The molecule has 28 heavy (non-hydrogen) atoms. The van der Waals surface area contributed by atoms with Crippen LogP contribution < -0.4 is 10.6 Å². The maximum absolute atomic E-state index is 14.4. The Morgan fingerprint density at radius 1 is 1.18 bits per heavy atom. The van der Waals surface area contributed by atoms with Crippen molar-refractivity contribution in [2.24, 2.45) is 5.92 Å². The van der Waals surface area contributed by atoms with Gasteiger partial charge in [0.25, 0.3) is 0 Å². The second-order valence-corrected chi connectivity index (χ2v) is 7.35. The Morgan fingerprint density at radius 3 is 2.50 bits per heavy atom. The van der Waals surface area contributed by atoms with Gasteiger partial charge >= 0.3 is 0 Å². The van der Waals surface area contributed by atoms with Crippen LogP contribution in [0.15, 0.2) is 35.9 Å². The number of hydrogen-bond acceptors (Lipinski definition) is 4. The van der Waals surface area contributed by atoms with E-state index in [1.165, 1.54) is 6.42 Å². The summed E-state index contributed by atoms with van der Waals surface area (Å²) in [6, 6.07) is 0. The predicted octanol–water partition coefficient (Wildman–Crippen LogP) is 4.77. The van der Waals surface area contributed by atoms with Crippen LogP contribution in [0.25, 0.3) is 0 Å². The summed E-state index contributed by atoms with van der Waals surface area (Å²) in [4.78, 5) is 2.40. The smallest absolute Gasteiger partial charge is 0.154 e. The van der Waals surface area contributed by atoms with Crippen LogP contribution >= 0.6 is 0 Å². The molecule has 0 unspecified atom stereocenters. The van der Waals surface area contributed by atoms with Gasteiger partial charge in [0.05, 0.1) is 6.61 Å². The lowest BCUT2D eigenvalue weighted by Gasteiger charge is -2.29. The number of halogens is 1. The van der Waals surface area contributed by atoms with Crippen molar-refractivity contribution in [3.05, 3.63) is 35.9 Å². The van der Waals surface area contributed by atoms with Crippen LogP contribution in [-0.2, 0) is 4.74 Å². The minimum atomic E-state index is -0.147. The standard InChI is InChI=1S/C23H42FN3O/c1-5-12-21(20-13-9-14-20)23(22(24)6-2)28-18-11-16-26-19-27(8-4)17-10-15-25-7-3/h5,12,20,25-26H,1,6-11,13-19H2,2-4H3/b21-12-,23-22-. The highest BCUT2D eigenvalue weighted by Crippen LogP contribution is 2.38. The van der Waals surface area contributed by atoms with E-state index in [9.17, 15) is 4.39 Å². The number of rotatable bonds is 17. The first kappa shape index (κ1) is 24.9. The summed E-state index contributed by atoms with van der Waals surface area (Å²) in [7, 11) is 0. The van der Waals surface area contributed by atoms with Crippen LogP contribution in [0, 0.1) is 5.92 Å². The third-order valence-electron chi connectivity index (χ3n) is 5.27. The summed E-state index contributed by atoms with van der Waals surface area (Å²) in [6.45, 7) is 16.5. The second kappa shape index (κ2) is 15.7. The lowest BCUT2D eigenvalue weighted by atomic mass is 9.78. The third-order valence-corrected chi connectivity index (χ3v) is 5.27. The van der Waals surface area contributed by atoms with E-state index in [2.05, 4.69) is 36.0 Å². The molecule has 5 heteroatoms. The Morgan fingerprint density at radius 2 is 1.93 bits per heavy atom. The summed E-state index contributed by atoms with van der Waals surface area (Å²) >= 11 is 0. The predicted molar refractivity (Wildman–Crippen MR) is 118 cm³/mol. The molecule has 0 aromatic rings. The topological polar surface area (TPSA) is 36.5 Å². The Kier molecular flexibility index (Phi) is 14.0. The zero-order valence-electron chi connectivity index (χ0n) is 18.4. The molecule has 0 atom stereocenters. The van der Waals surface area contributed by atoms with Gasteiger partial charge in [-0.1, -0.05) is 45.9 Å². The summed E-state index contributed by atoms with van der Waals surface area (Å²) in [5, 5.41) is 6.84. The van der Waals surface area contributed by atoms with Crippen molar-refractivity contribution in [3.8, 4) is 0 Å². The van der Waals surface area contributed by atoms with Gasteiger partial charge in [0, 0.05) is 19.6 Å². The normalized spacial score (nSPS) is 16.1. The molecule has 0 saturated heterocycles. The van der Waals surface area contributed by atoms with Crippen LogP contribution in [0.4, 0.5) is 4.39 Å². The highest BCUT2D eigenvalue weighted by atomic mass is 19.1. The lowest BCUT2D eigenvalue weighted by Crippen LogP contribution is -2.36. The molecular weight excluding hydrogens is 353 g/mol. The van der Waals surface area contributed by atoms with E-state index in [1.807, 2.05) is 13.0 Å². The maximum atomic E-state index is 14.4. The molecule has 0 amide bonds. The molecule has 1 saturated carbocycles. The number of nitrogens with zero attached hydrogens (tertiary/aromatic N) is 1. The molecule has 0 aromatic carbocycles. The molecule has 0 spiro atoms. The van der Waals surface area contributed by atoms with Crippen LogP contribution in [0.1, 0.15) is 59.3 Å². The zero-order valence-corrected chi connectivity index (χ0v) is 18.4. The Hall–Kier alpha value is -1.17. The Balaban J connectivity index is 2.34. The molecular formula is C23H42FN3O. The molecule has 4 nitrogen and oxygen atoms in total. The van der Waals surface area contributed by atoms with E-state index in [-0.39, 0.29) is 5.83 Å². The van der Waals surface area contributed by atoms with Crippen molar-refractivity contribution in [1.29, 1.82) is 0 Å². The SMILES string of the molecule is C=C/C=C(\C(OCCCNCN(CC)CCCNCC)=C(\F)CC)C1CCC1. The van der Waals surface area contributed by atoms with Gasteiger partial charge < -0.3 is 15.4 Å². The van der Waals surface area contributed by atoms with Crippen molar-refractivity contribution in [3.63, 3.8) is 0 Å². The summed E-state index contributed by atoms with van der Waals surface area (Å²) in [6.07, 6.45) is 9.52. The van der Waals surface area contributed by atoms with Gasteiger partial charge in [-0.2, -0.15) is 0 Å². The maximum Gasteiger partial charge on any atom is 0.154 e. The third kappa shape index (κ3) is 9.35. The van der Waals surface area contributed by atoms with E-state index in [0.29, 0.717) is 24.7 Å². The van der Waals surface area contributed by atoms with Crippen LogP contribution in [0.2, 0.25) is 0 Å². The van der Waals surface area contributed by atoms with Gasteiger partial charge in [-0.3, -0.25) is 4.90 Å². The van der Waals surface area contributed by atoms with E-state index in [4.69, 9.17) is 4.74 Å². The molecule has 0 bridgehead atoms. The van der Waals surface area contributed by atoms with Crippen molar-refractivity contribution in [2.45, 2.75) is 59.3 Å². The van der Waals surface area contributed by atoms with E-state index in [1.54, 1.807) is 6.08 Å². The molecule has 0 aliphatic heterocycles. The fourth-order valence-electron chi connectivity index (χ4n) is 3.28. The van der Waals surface area contributed by atoms with E-state index in [0.717, 1.165) is 70.6 Å². The monoisotopic (exact) mass is 395 g/mol. The van der Waals surface area contributed by atoms with Crippen LogP contribution in [0.3, 0.4) is 0 Å². The zero-order chi connectivity index (χ0) is 20.6. The average Bonchev–Trinajstić information content (AvgIpc) is 2.66. The number of ether oxygens (including phenoxy) is 1. The first-order valence-electron chi connectivity index (χ1n) is 11.2. The molecule has 0 aromatic heterocycles. The number of hydrogen-bond donors (Lipinski definition) is 2. The Bertz CT molecular complexity index is 486. The molecule has 1 fully saturated rings. The fraction of sp³-hybridized carbons (Fsp3) is 0.739. The van der Waals surface area contributed by atoms with Gasteiger partial charge in [0.15, 0.2) is 5.76 Å². The molecule has 1 aliphatic carbocycles. The Labute approximate surface area is 172 Å². The minimum absolute atomic E-state index is 0.147. The summed E-state index contributed by atoms with van der Waals surface area (Å²) in [5.74, 6) is 0.736. The van der Waals surface area contributed by atoms with Gasteiger partial charge in [-0.25, -0.2) is 4.39 Å². The molecule has 0 radical (unpaired) electrons. The van der Waals surface area contributed by atoms with Crippen LogP contribution in [0.5, 0.6) is 0 Å². The minimum Gasteiger partial charge on any atom is -0.491 e. The number of allylic oxidation sites excluding steroid dienone is 4. The number of nitrogens with one attached hydrogen (secondary N) is 2. The van der Waals surface area contributed by atoms with Gasteiger partial charge in [-0.15, -0.1) is 0 Å². The van der Waals surface area contributed by atoms with Gasteiger partial charge in [-0.05, 0) is 63.4 Å². The highest BCUT2D eigenvalue weighted by molar-refractivity contribution is 5.34. The average molecular weight is 396 g/mol. The van der Waals surface area contributed by atoms with E-state index < -0.39 is 0 Å². The first-order valence-corrected chi connectivity index (χ1v) is 11.2. The van der Waals surface area contributed by atoms with Crippen molar-refractivity contribution >= 4 is 0 Å². The van der Waals surface area contributed by atoms with Crippen molar-refractivity contribution < 1.29 is 9.13 Å². The summed E-state index contributed by atoms with van der Waals surface area (Å²) < 4.78 is 20.4. The lowest BCUT2D eigenvalue weighted by molar-refractivity contribution is 0.187. The summed E-state index contributed by atoms with van der Waals surface area (Å²) in [5.41, 5.74) is 0.992. The highest BCUT2D eigenvalue weighted by Gasteiger charge is 2.26. The molecule has 2 N–H and O–H groups in total. The quantitative estimate of drug-likeness (QED) is 0.161. The van der Waals surface area contributed by atoms with Crippen molar-refractivity contribution in [2.75, 3.05) is 46.0 Å². The molecule has 1 rings (SSSR count).